The number of hydrogen-bond donors (Lipinski definition) is 1. The third kappa shape index (κ3) is 4.47. The highest BCUT2D eigenvalue weighted by Crippen LogP contribution is 2.32. The quantitative estimate of drug-likeness (QED) is 0.637. The number of ether oxygens (including phenoxy) is 1. The van der Waals surface area contributed by atoms with E-state index in [1.54, 1.807) is 6.07 Å². The van der Waals surface area contributed by atoms with Crippen LogP contribution in [0.5, 0.6) is 5.75 Å². The van der Waals surface area contributed by atoms with Gasteiger partial charge < -0.3 is 10.5 Å². The van der Waals surface area contributed by atoms with Crippen LogP contribution < -0.4 is 10.5 Å². The van der Waals surface area contributed by atoms with E-state index in [0.29, 0.717) is 41.8 Å². The molecule has 0 heterocycles. The van der Waals surface area contributed by atoms with Crippen molar-refractivity contribution in [2.24, 2.45) is 5.73 Å². The van der Waals surface area contributed by atoms with Gasteiger partial charge in [0.05, 0.1) is 11.6 Å². The van der Waals surface area contributed by atoms with Gasteiger partial charge >= 0.3 is 0 Å². The predicted octanol–water partition coefficient (Wildman–Crippen LogP) is 3.29. The van der Waals surface area contributed by atoms with Gasteiger partial charge in [0.25, 0.3) is 0 Å². The molecule has 0 saturated carbocycles. The Bertz CT molecular complexity index is 413. The fourth-order valence-electron chi connectivity index (χ4n) is 1.46. The van der Waals surface area contributed by atoms with Crippen LogP contribution in [0, 0.1) is 12.3 Å². The van der Waals surface area contributed by atoms with Gasteiger partial charge in [0.1, 0.15) is 5.75 Å². The lowest BCUT2D eigenvalue weighted by molar-refractivity contribution is 0.310. The van der Waals surface area contributed by atoms with E-state index in [1.165, 1.54) is 0 Å². The molecule has 0 spiro atoms. The SMILES string of the molecule is C#CCCCOc1c(Cl)cc(Cl)cc1CCN. The maximum Gasteiger partial charge on any atom is 0.141 e. The summed E-state index contributed by atoms with van der Waals surface area (Å²) < 4.78 is 5.64. The van der Waals surface area contributed by atoms with Crippen molar-refractivity contribution in [2.45, 2.75) is 19.3 Å². The Labute approximate surface area is 112 Å². The third-order valence-corrected chi connectivity index (χ3v) is 2.71. The number of rotatable bonds is 6. The fourth-order valence-corrected chi connectivity index (χ4v) is 2.06. The first kappa shape index (κ1) is 14.2. The van der Waals surface area contributed by atoms with Crippen LogP contribution in [0.25, 0.3) is 0 Å². The standard InChI is InChI=1S/C13H15Cl2NO/c1-2-3-4-7-17-13-10(5-6-16)8-11(14)9-12(13)15/h1,8-9H,3-7,16H2. The lowest BCUT2D eigenvalue weighted by Crippen LogP contribution is -2.06. The molecular formula is C13H15Cl2NO. The number of nitrogens with two attached hydrogens (primary N) is 1. The maximum absolute atomic E-state index is 6.09. The number of terminal acetylenes is 1. The minimum absolute atomic E-state index is 0.515. The minimum atomic E-state index is 0.515. The monoisotopic (exact) mass is 271 g/mol. The zero-order chi connectivity index (χ0) is 12.7. The second kappa shape index (κ2) is 7.45. The zero-order valence-corrected chi connectivity index (χ0v) is 11.0. The molecule has 1 aromatic carbocycles. The Morgan fingerprint density at radius 2 is 2.12 bits per heavy atom. The van der Waals surface area contributed by atoms with Gasteiger partial charge in [0.2, 0.25) is 0 Å². The number of unbranched alkanes of at least 4 members (excludes halogenated alkanes) is 1. The zero-order valence-electron chi connectivity index (χ0n) is 9.51. The molecule has 0 aromatic heterocycles. The molecule has 2 N–H and O–H groups in total. The summed E-state index contributed by atoms with van der Waals surface area (Å²) in [5.41, 5.74) is 6.47. The maximum atomic E-state index is 6.09. The molecule has 0 atom stereocenters. The molecule has 17 heavy (non-hydrogen) atoms. The third-order valence-electron chi connectivity index (χ3n) is 2.21. The van der Waals surface area contributed by atoms with Gasteiger partial charge in [0, 0.05) is 11.4 Å². The summed E-state index contributed by atoms with van der Waals surface area (Å²) in [6.45, 7) is 1.07. The molecule has 4 heteroatoms. The summed E-state index contributed by atoms with van der Waals surface area (Å²) in [4.78, 5) is 0. The topological polar surface area (TPSA) is 35.2 Å². The van der Waals surface area contributed by atoms with E-state index in [0.717, 1.165) is 12.0 Å². The van der Waals surface area contributed by atoms with E-state index in [2.05, 4.69) is 5.92 Å². The van der Waals surface area contributed by atoms with Crippen LogP contribution in [0.15, 0.2) is 12.1 Å². The molecule has 0 aliphatic heterocycles. The van der Waals surface area contributed by atoms with Gasteiger partial charge in [-0.1, -0.05) is 23.2 Å². The van der Waals surface area contributed by atoms with E-state index in [1.807, 2.05) is 6.07 Å². The van der Waals surface area contributed by atoms with Gasteiger partial charge in [-0.2, -0.15) is 0 Å². The van der Waals surface area contributed by atoms with Crippen molar-refractivity contribution in [3.8, 4) is 18.1 Å². The van der Waals surface area contributed by atoms with Crippen LogP contribution in [0.4, 0.5) is 0 Å². The molecule has 1 aromatic rings. The molecular weight excluding hydrogens is 257 g/mol. The predicted molar refractivity (Wildman–Crippen MR) is 72.8 cm³/mol. The van der Waals surface area contributed by atoms with Crippen LogP contribution in [-0.2, 0) is 6.42 Å². The summed E-state index contributed by atoms with van der Waals surface area (Å²) in [5, 5.41) is 1.11. The van der Waals surface area contributed by atoms with Crippen LogP contribution in [0.2, 0.25) is 10.0 Å². The van der Waals surface area contributed by atoms with Crippen molar-refractivity contribution in [1.29, 1.82) is 0 Å². The summed E-state index contributed by atoms with van der Waals surface area (Å²) in [5.74, 6) is 3.23. The van der Waals surface area contributed by atoms with Crippen molar-refractivity contribution >= 4 is 23.2 Å². The summed E-state index contributed by atoms with van der Waals surface area (Å²) in [7, 11) is 0. The molecule has 0 aliphatic rings. The Kier molecular flexibility index (Phi) is 6.21. The second-order valence-electron chi connectivity index (χ2n) is 3.57. The average Bonchev–Trinajstić information content (AvgIpc) is 2.27. The molecule has 1 rings (SSSR count). The molecule has 0 bridgehead atoms. The second-order valence-corrected chi connectivity index (χ2v) is 4.41. The Balaban J connectivity index is 2.77. The Morgan fingerprint density at radius 3 is 2.76 bits per heavy atom. The average molecular weight is 272 g/mol. The normalized spacial score (nSPS) is 10.0. The molecule has 2 nitrogen and oxygen atoms in total. The molecule has 0 aliphatic carbocycles. The van der Waals surface area contributed by atoms with Gasteiger partial charge in [-0.05, 0) is 37.1 Å². The molecule has 0 saturated heterocycles. The highest BCUT2D eigenvalue weighted by atomic mass is 35.5. The van der Waals surface area contributed by atoms with Crippen molar-refractivity contribution in [2.75, 3.05) is 13.2 Å². The van der Waals surface area contributed by atoms with Gasteiger partial charge in [-0.25, -0.2) is 0 Å². The van der Waals surface area contributed by atoms with Crippen molar-refractivity contribution in [3.63, 3.8) is 0 Å². The van der Waals surface area contributed by atoms with E-state index in [-0.39, 0.29) is 0 Å². The van der Waals surface area contributed by atoms with Gasteiger partial charge in [-0.15, -0.1) is 12.3 Å². The molecule has 0 fully saturated rings. The summed E-state index contributed by atoms with van der Waals surface area (Å²) in [6.07, 6.45) is 7.35. The van der Waals surface area contributed by atoms with Crippen molar-refractivity contribution in [3.05, 3.63) is 27.7 Å². The number of hydrogen-bond acceptors (Lipinski definition) is 2. The van der Waals surface area contributed by atoms with Crippen molar-refractivity contribution in [1.82, 2.24) is 0 Å². The van der Waals surface area contributed by atoms with Crippen LogP contribution >= 0.6 is 23.2 Å². The largest absolute Gasteiger partial charge is 0.492 e. The Hall–Kier alpha value is -0.880. The van der Waals surface area contributed by atoms with E-state index >= 15 is 0 Å². The van der Waals surface area contributed by atoms with Crippen molar-refractivity contribution < 1.29 is 4.74 Å². The lowest BCUT2D eigenvalue weighted by Gasteiger charge is -2.13. The summed E-state index contributed by atoms with van der Waals surface area (Å²) >= 11 is 12.0. The van der Waals surface area contributed by atoms with Crippen LogP contribution in [0.3, 0.4) is 0 Å². The van der Waals surface area contributed by atoms with Crippen LogP contribution in [0.1, 0.15) is 18.4 Å². The minimum Gasteiger partial charge on any atom is -0.492 e. The molecule has 0 unspecified atom stereocenters. The summed E-state index contributed by atoms with van der Waals surface area (Å²) in [6, 6.07) is 3.50. The highest BCUT2D eigenvalue weighted by Gasteiger charge is 2.10. The molecule has 0 radical (unpaired) electrons. The fraction of sp³-hybridized carbons (Fsp3) is 0.385. The van der Waals surface area contributed by atoms with Gasteiger partial charge in [0.15, 0.2) is 0 Å². The van der Waals surface area contributed by atoms with Gasteiger partial charge in [-0.3, -0.25) is 0 Å². The first-order chi connectivity index (χ1) is 8.19. The highest BCUT2D eigenvalue weighted by molar-refractivity contribution is 6.35. The van der Waals surface area contributed by atoms with E-state index in [9.17, 15) is 0 Å². The van der Waals surface area contributed by atoms with Crippen LogP contribution in [-0.4, -0.2) is 13.2 Å². The smallest absolute Gasteiger partial charge is 0.141 e. The van der Waals surface area contributed by atoms with E-state index < -0.39 is 0 Å². The Morgan fingerprint density at radius 1 is 1.35 bits per heavy atom. The molecule has 92 valence electrons. The molecule has 0 amide bonds. The number of benzene rings is 1. The lowest BCUT2D eigenvalue weighted by atomic mass is 10.1. The number of halogens is 2. The first-order valence-electron chi connectivity index (χ1n) is 5.43. The van der Waals surface area contributed by atoms with E-state index in [4.69, 9.17) is 40.1 Å². The first-order valence-corrected chi connectivity index (χ1v) is 6.19.